The third-order valence-corrected chi connectivity index (χ3v) is 6.30. The first-order valence-electron chi connectivity index (χ1n) is 11.6. The van der Waals surface area contributed by atoms with Crippen LogP contribution in [0.2, 0.25) is 5.02 Å². The molecule has 1 atom stereocenters. The summed E-state index contributed by atoms with van der Waals surface area (Å²) >= 11 is 6.51. The van der Waals surface area contributed by atoms with Crippen LogP contribution in [0, 0.1) is 11.8 Å². The Hall–Kier alpha value is -2.06. The number of nitrogens with one attached hydrogen (secondary N) is 1. The van der Waals surface area contributed by atoms with Gasteiger partial charge in [-0.1, -0.05) is 25.4 Å². The average molecular weight is 467 g/mol. The molecule has 0 saturated carbocycles. The van der Waals surface area contributed by atoms with Gasteiger partial charge in [-0.3, -0.25) is 10.1 Å². The number of hydrogen-bond acceptors (Lipinski definition) is 6. The molecule has 1 aromatic rings. The van der Waals surface area contributed by atoms with E-state index in [2.05, 4.69) is 15.2 Å². The van der Waals surface area contributed by atoms with Crippen LogP contribution in [0.4, 0.5) is 16.3 Å². The van der Waals surface area contributed by atoms with Gasteiger partial charge in [-0.05, 0) is 50.0 Å². The van der Waals surface area contributed by atoms with Crippen molar-refractivity contribution < 1.29 is 19.1 Å². The van der Waals surface area contributed by atoms with E-state index in [1.165, 1.54) is 0 Å². The molecule has 2 saturated heterocycles. The van der Waals surface area contributed by atoms with Gasteiger partial charge in [0.15, 0.2) is 0 Å². The number of nitrogens with zero attached hydrogens (tertiary/aromatic N) is 3. The number of carbonyl (C=O) groups excluding carboxylic acids is 2. The van der Waals surface area contributed by atoms with Crippen LogP contribution in [0.3, 0.4) is 0 Å². The van der Waals surface area contributed by atoms with Crippen LogP contribution in [0.1, 0.15) is 46.0 Å². The maximum Gasteiger partial charge on any atom is 0.411 e. The molecule has 0 aromatic carbocycles. The maximum absolute atomic E-state index is 11.9. The third kappa shape index (κ3) is 7.24. The van der Waals surface area contributed by atoms with Gasteiger partial charge < -0.3 is 19.3 Å². The van der Waals surface area contributed by atoms with Crippen molar-refractivity contribution in [3.8, 4) is 0 Å². The van der Waals surface area contributed by atoms with E-state index in [9.17, 15) is 9.59 Å². The van der Waals surface area contributed by atoms with Crippen molar-refractivity contribution in [1.29, 1.82) is 0 Å². The summed E-state index contributed by atoms with van der Waals surface area (Å²) in [5.74, 6) is 1.48. The minimum Gasteiger partial charge on any atom is -0.449 e. The topological polar surface area (TPSA) is 84.0 Å². The lowest BCUT2D eigenvalue weighted by Crippen LogP contribution is -2.41. The Morgan fingerprint density at radius 2 is 2.19 bits per heavy atom. The second kappa shape index (κ2) is 12.3. The molecule has 3 rings (SSSR count). The molecule has 0 aliphatic carbocycles. The van der Waals surface area contributed by atoms with Gasteiger partial charge in [-0.25, -0.2) is 9.78 Å². The van der Waals surface area contributed by atoms with Crippen molar-refractivity contribution in [3.63, 3.8) is 0 Å². The van der Waals surface area contributed by atoms with E-state index in [1.807, 2.05) is 18.7 Å². The summed E-state index contributed by atoms with van der Waals surface area (Å²) < 4.78 is 10.6. The van der Waals surface area contributed by atoms with Gasteiger partial charge in [0, 0.05) is 38.9 Å². The minimum atomic E-state index is -0.508. The van der Waals surface area contributed by atoms with Gasteiger partial charge in [-0.15, -0.1) is 0 Å². The quantitative estimate of drug-likeness (QED) is 0.549. The summed E-state index contributed by atoms with van der Waals surface area (Å²) in [6.45, 7) is 8.31. The van der Waals surface area contributed by atoms with Crippen LogP contribution in [0.25, 0.3) is 0 Å². The zero-order chi connectivity index (χ0) is 22.9. The molecular weight excluding hydrogens is 432 g/mol. The highest BCUT2D eigenvalue weighted by Gasteiger charge is 2.25. The molecule has 8 nitrogen and oxygen atoms in total. The molecule has 0 spiro atoms. The fraction of sp³-hybridized carbons (Fsp3) is 0.696. The van der Waals surface area contributed by atoms with Crippen molar-refractivity contribution >= 4 is 35.6 Å². The number of pyridine rings is 1. The fourth-order valence-electron chi connectivity index (χ4n) is 4.29. The summed E-state index contributed by atoms with van der Waals surface area (Å²) in [4.78, 5) is 32.1. The number of amides is 2. The Labute approximate surface area is 195 Å². The Kier molecular flexibility index (Phi) is 9.41. The van der Waals surface area contributed by atoms with Gasteiger partial charge in [-0.2, -0.15) is 0 Å². The van der Waals surface area contributed by atoms with Gasteiger partial charge in [0.1, 0.15) is 5.82 Å². The second-order valence-electron chi connectivity index (χ2n) is 9.08. The minimum absolute atomic E-state index is 0.271. The Morgan fingerprint density at radius 3 is 2.88 bits per heavy atom. The van der Waals surface area contributed by atoms with Gasteiger partial charge in [0.05, 0.1) is 23.5 Å². The lowest BCUT2D eigenvalue weighted by atomic mass is 9.94. The average Bonchev–Trinajstić information content (AvgIpc) is 2.79. The van der Waals surface area contributed by atoms with E-state index in [-0.39, 0.29) is 5.92 Å². The highest BCUT2D eigenvalue weighted by molar-refractivity contribution is 6.33. The molecule has 2 aliphatic heterocycles. The number of carbonyl (C=O) groups is 2. The summed E-state index contributed by atoms with van der Waals surface area (Å²) in [5, 5.41) is 3.18. The molecule has 3 heterocycles. The molecule has 2 amide bonds. The first kappa shape index (κ1) is 24.6. The molecule has 0 bridgehead atoms. The highest BCUT2D eigenvalue weighted by Crippen LogP contribution is 2.31. The Bertz CT molecular complexity index is 758. The normalized spacial score (nSPS) is 19.6. The molecule has 32 heavy (non-hydrogen) atoms. The van der Waals surface area contributed by atoms with Crippen LogP contribution < -0.4 is 10.2 Å². The summed E-state index contributed by atoms with van der Waals surface area (Å²) in [6.07, 6.45) is 7.09. The Morgan fingerprint density at radius 1 is 1.41 bits per heavy atom. The monoisotopic (exact) mass is 466 g/mol. The molecule has 1 aromatic heterocycles. The SMILES string of the molecule is CC(C)COC(=O)Nc1cnc(N2CCCC(CCN(C=O)C3CCOCC3)C2)c(Cl)c1. The van der Waals surface area contributed by atoms with Gasteiger partial charge >= 0.3 is 6.09 Å². The maximum atomic E-state index is 11.9. The van der Waals surface area contributed by atoms with E-state index in [4.69, 9.17) is 21.1 Å². The Balaban J connectivity index is 1.52. The lowest BCUT2D eigenvalue weighted by molar-refractivity contribution is -0.122. The van der Waals surface area contributed by atoms with E-state index in [1.54, 1.807) is 12.3 Å². The van der Waals surface area contributed by atoms with Crippen LogP contribution in [0.15, 0.2) is 12.3 Å². The van der Waals surface area contributed by atoms with Crippen molar-refractivity contribution in [1.82, 2.24) is 9.88 Å². The van der Waals surface area contributed by atoms with Crippen molar-refractivity contribution in [2.24, 2.45) is 11.8 Å². The first-order valence-corrected chi connectivity index (χ1v) is 12.0. The largest absolute Gasteiger partial charge is 0.449 e. The van der Waals surface area contributed by atoms with Crippen molar-refractivity contribution in [2.45, 2.75) is 52.0 Å². The predicted molar refractivity (Wildman–Crippen MR) is 125 cm³/mol. The van der Waals surface area contributed by atoms with E-state index in [0.717, 1.165) is 77.2 Å². The zero-order valence-corrected chi connectivity index (χ0v) is 19.9. The van der Waals surface area contributed by atoms with Crippen LogP contribution in [-0.4, -0.2) is 67.9 Å². The summed E-state index contributed by atoms with van der Waals surface area (Å²) in [7, 11) is 0. The number of hydrogen-bond donors (Lipinski definition) is 1. The van der Waals surface area contributed by atoms with Crippen LogP contribution in [0.5, 0.6) is 0 Å². The molecule has 0 radical (unpaired) electrons. The van der Waals surface area contributed by atoms with Crippen LogP contribution >= 0.6 is 11.6 Å². The molecule has 2 fully saturated rings. The molecule has 2 aliphatic rings. The zero-order valence-electron chi connectivity index (χ0n) is 19.1. The highest BCUT2D eigenvalue weighted by atomic mass is 35.5. The first-order chi connectivity index (χ1) is 15.5. The van der Waals surface area contributed by atoms with Gasteiger partial charge in [0.2, 0.25) is 6.41 Å². The fourth-order valence-corrected chi connectivity index (χ4v) is 4.58. The third-order valence-electron chi connectivity index (χ3n) is 6.03. The number of halogens is 1. The number of piperidine rings is 1. The smallest absolute Gasteiger partial charge is 0.411 e. The second-order valence-corrected chi connectivity index (χ2v) is 9.48. The van der Waals surface area contributed by atoms with Crippen molar-refractivity contribution in [3.05, 3.63) is 17.3 Å². The van der Waals surface area contributed by atoms with E-state index < -0.39 is 6.09 Å². The lowest BCUT2D eigenvalue weighted by Gasteiger charge is -2.36. The molecule has 9 heteroatoms. The summed E-state index contributed by atoms with van der Waals surface area (Å²) in [5.41, 5.74) is 0.513. The van der Waals surface area contributed by atoms with Crippen LogP contribution in [-0.2, 0) is 14.3 Å². The number of ether oxygens (including phenoxy) is 2. The van der Waals surface area contributed by atoms with Crippen molar-refractivity contribution in [2.75, 3.05) is 49.7 Å². The van der Waals surface area contributed by atoms with E-state index >= 15 is 0 Å². The molecule has 1 unspecified atom stereocenters. The summed E-state index contributed by atoms with van der Waals surface area (Å²) in [6, 6.07) is 2.01. The molecule has 178 valence electrons. The molecular formula is C23H35ClN4O4. The van der Waals surface area contributed by atoms with Gasteiger partial charge in [0.25, 0.3) is 0 Å². The van der Waals surface area contributed by atoms with E-state index in [0.29, 0.717) is 29.3 Å². The predicted octanol–water partition coefficient (Wildman–Crippen LogP) is 4.18. The molecule has 1 N–H and O–H groups in total. The standard InChI is InChI=1S/C23H35ClN4O4/c1-17(2)15-32-23(30)26-19-12-21(24)22(25-13-19)27-8-3-4-18(14-27)5-9-28(16-29)20-6-10-31-11-7-20/h12-13,16-18,20H,3-11,14-15H2,1-2H3,(H,26,30). The number of aromatic nitrogens is 1. The number of rotatable bonds is 9. The number of anilines is 2.